The molecule has 5 rings (SSSR count). The van der Waals surface area contributed by atoms with Crippen LogP contribution in [0.4, 0.5) is 0 Å². The van der Waals surface area contributed by atoms with Gasteiger partial charge in [-0.05, 0) is 49.4 Å². The van der Waals surface area contributed by atoms with Gasteiger partial charge in [-0.15, -0.1) is 11.3 Å². The Kier molecular flexibility index (Phi) is 5.51. The Labute approximate surface area is 190 Å². The molecule has 2 aromatic heterocycles. The van der Waals surface area contributed by atoms with E-state index in [1.807, 2.05) is 19.1 Å². The Hall–Kier alpha value is -2.71. The van der Waals surface area contributed by atoms with Crippen molar-refractivity contribution >= 4 is 27.5 Å². The Bertz CT molecular complexity index is 1220. The first kappa shape index (κ1) is 21.2. The number of benzene rings is 1. The summed E-state index contributed by atoms with van der Waals surface area (Å²) in [6.07, 6.45) is 3.43. The lowest BCUT2D eigenvalue weighted by Crippen LogP contribution is -2.44. The molecule has 1 saturated heterocycles. The number of aryl methyl sites for hydroxylation is 2. The van der Waals surface area contributed by atoms with Gasteiger partial charge >= 0.3 is 0 Å². The van der Waals surface area contributed by atoms with Crippen LogP contribution in [0, 0.1) is 6.92 Å². The molecule has 32 heavy (non-hydrogen) atoms. The Morgan fingerprint density at radius 1 is 1.28 bits per heavy atom. The van der Waals surface area contributed by atoms with Gasteiger partial charge in [0, 0.05) is 38.1 Å². The molecule has 1 N–H and O–H groups in total. The van der Waals surface area contributed by atoms with Gasteiger partial charge in [0.1, 0.15) is 16.4 Å². The molecule has 1 aromatic carbocycles. The quantitative estimate of drug-likeness (QED) is 0.642. The fraction of sp³-hybridized carbons (Fsp3) is 0.458. The molecule has 8 heteroatoms. The summed E-state index contributed by atoms with van der Waals surface area (Å²) < 4.78 is 12.7. The van der Waals surface area contributed by atoms with Crippen molar-refractivity contribution in [2.75, 3.05) is 26.9 Å². The van der Waals surface area contributed by atoms with E-state index in [1.165, 1.54) is 16.9 Å². The molecule has 0 saturated carbocycles. The highest BCUT2D eigenvalue weighted by Crippen LogP contribution is 2.36. The molecular weight excluding hydrogens is 426 g/mol. The molecule has 1 fully saturated rings. The Morgan fingerprint density at radius 2 is 2.03 bits per heavy atom. The molecule has 168 valence electrons. The number of ether oxygens (including phenoxy) is 2. The van der Waals surface area contributed by atoms with Crippen molar-refractivity contribution in [3.8, 4) is 5.75 Å². The zero-order valence-electron chi connectivity index (χ0n) is 18.4. The molecule has 0 atom stereocenters. The Balaban J connectivity index is 1.42. The predicted octanol–water partition coefficient (Wildman–Crippen LogP) is 3.20. The zero-order valence-corrected chi connectivity index (χ0v) is 19.2. The van der Waals surface area contributed by atoms with Gasteiger partial charge in [-0.1, -0.05) is 12.1 Å². The fourth-order valence-corrected chi connectivity index (χ4v) is 6.00. The van der Waals surface area contributed by atoms with E-state index in [4.69, 9.17) is 9.47 Å². The van der Waals surface area contributed by atoms with Crippen LogP contribution in [-0.4, -0.2) is 42.3 Å². The largest absolute Gasteiger partial charge is 0.497 e. The number of nitrogens with one attached hydrogen (secondary N) is 1. The summed E-state index contributed by atoms with van der Waals surface area (Å²) in [4.78, 5) is 32.1. The number of aromatic nitrogens is 2. The maximum atomic E-state index is 13.2. The fourth-order valence-electron chi connectivity index (χ4n) is 4.90. The zero-order chi connectivity index (χ0) is 22.3. The van der Waals surface area contributed by atoms with Gasteiger partial charge < -0.3 is 14.8 Å². The minimum Gasteiger partial charge on any atom is -0.497 e. The molecule has 4 heterocycles. The predicted molar refractivity (Wildman–Crippen MR) is 124 cm³/mol. The second-order valence-electron chi connectivity index (χ2n) is 8.63. The van der Waals surface area contributed by atoms with E-state index in [1.54, 1.807) is 11.7 Å². The summed E-state index contributed by atoms with van der Waals surface area (Å²) >= 11 is 1.32. The van der Waals surface area contributed by atoms with E-state index in [9.17, 15) is 9.59 Å². The van der Waals surface area contributed by atoms with Gasteiger partial charge in [-0.2, -0.15) is 0 Å². The molecular formula is C24H27N3O4S. The number of carbonyl (C=O) groups excluding carboxylic acids is 1. The van der Waals surface area contributed by atoms with Crippen LogP contribution in [0.15, 0.2) is 29.1 Å². The number of nitrogens with zero attached hydrogens (tertiary/aromatic N) is 2. The van der Waals surface area contributed by atoms with Crippen molar-refractivity contribution in [2.24, 2.45) is 0 Å². The van der Waals surface area contributed by atoms with E-state index >= 15 is 0 Å². The van der Waals surface area contributed by atoms with E-state index < -0.39 is 0 Å². The minimum atomic E-state index is -0.191. The van der Waals surface area contributed by atoms with Crippen LogP contribution in [0.5, 0.6) is 5.75 Å². The first-order chi connectivity index (χ1) is 15.5. The summed E-state index contributed by atoms with van der Waals surface area (Å²) in [6, 6.07) is 8.08. The number of amides is 1. The molecule has 0 aliphatic carbocycles. The molecule has 0 unspecified atom stereocenters. The van der Waals surface area contributed by atoms with E-state index in [0.717, 1.165) is 42.8 Å². The number of methoxy groups -OCH3 is 1. The van der Waals surface area contributed by atoms with Crippen LogP contribution >= 0.6 is 11.3 Å². The second-order valence-corrected chi connectivity index (χ2v) is 9.63. The van der Waals surface area contributed by atoms with Gasteiger partial charge in [-0.3, -0.25) is 14.2 Å². The van der Waals surface area contributed by atoms with Gasteiger partial charge in [0.2, 0.25) is 0 Å². The molecule has 2 aliphatic heterocycles. The number of fused-ring (bicyclic) bond motifs is 2. The van der Waals surface area contributed by atoms with Crippen molar-refractivity contribution in [3.63, 3.8) is 0 Å². The van der Waals surface area contributed by atoms with Crippen LogP contribution in [0.3, 0.4) is 0 Å². The number of thiophene rings is 1. The van der Waals surface area contributed by atoms with Crippen LogP contribution in [0.25, 0.3) is 10.2 Å². The maximum absolute atomic E-state index is 13.2. The summed E-state index contributed by atoms with van der Waals surface area (Å²) in [6.45, 7) is 4.40. The van der Waals surface area contributed by atoms with Gasteiger partial charge in [0.05, 0.1) is 17.4 Å². The van der Waals surface area contributed by atoms with Crippen LogP contribution < -0.4 is 15.6 Å². The Morgan fingerprint density at radius 3 is 2.75 bits per heavy atom. The summed E-state index contributed by atoms with van der Waals surface area (Å²) in [7, 11) is 1.65. The number of hydrogen-bond donors (Lipinski definition) is 1. The van der Waals surface area contributed by atoms with Crippen molar-refractivity contribution in [1.82, 2.24) is 14.9 Å². The molecule has 1 amide bonds. The van der Waals surface area contributed by atoms with Crippen molar-refractivity contribution in [1.29, 1.82) is 0 Å². The van der Waals surface area contributed by atoms with Crippen molar-refractivity contribution in [3.05, 3.63) is 56.4 Å². The average molecular weight is 454 g/mol. The van der Waals surface area contributed by atoms with Crippen molar-refractivity contribution < 1.29 is 14.3 Å². The first-order valence-electron chi connectivity index (χ1n) is 11.1. The minimum absolute atomic E-state index is 0.0190. The van der Waals surface area contributed by atoms with Gasteiger partial charge in [0.15, 0.2) is 0 Å². The van der Waals surface area contributed by atoms with Crippen LogP contribution in [0.2, 0.25) is 0 Å². The standard InChI is InChI=1S/C24H27N3O4S/c1-15-19-22(26-18-4-3-11-27(18)23(19)29)32-20(15)21(28)25-14-24(9-12-31-13-10-24)16-5-7-17(30-2)8-6-16/h5-8H,3-4,9-14H2,1-2H3,(H,25,28). The number of carbonyl (C=O) groups is 1. The molecule has 0 bridgehead atoms. The van der Waals surface area contributed by atoms with Crippen LogP contribution in [0.1, 0.15) is 45.9 Å². The van der Waals surface area contributed by atoms with Gasteiger partial charge in [-0.25, -0.2) is 4.98 Å². The third-order valence-corrected chi connectivity index (χ3v) is 8.04. The van der Waals surface area contributed by atoms with Crippen LogP contribution in [-0.2, 0) is 23.1 Å². The molecule has 3 aromatic rings. The summed E-state index contributed by atoms with van der Waals surface area (Å²) in [5, 5.41) is 3.75. The monoisotopic (exact) mass is 453 g/mol. The van der Waals surface area contributed by atoms with E-state index in [0.29, 0.717) is 41.4 Å². The third-order valence-electron chi connectivity index (χ3n) is 6.86. The van der Waals surface area contributed by atoms with E-state index in [-0.39, 0.29) is 16.9 Å². The normalized spacial score (nSPS) is 17.3. The smallest absolute Gasteiger partial charge is 0.262 e. The second kappa shape index (κ2) is 8.33. The van der Waals surface area contributed by atoms with Crippen molar-refractivity contribution in [2.45, 2.75) is 44.6 Å². The number of hydrogen-bond acceptors (Lipinski definition) is 6. The maximum Gasteiger partial charge on any atom is 0.262 e. The highest BCUT2D eigenvalue weighted by molar-refractivity contribution is 7.20. The SMILES string of the molecule is COc1ccc(C2(CNC(=O)c3sc4nc5n(c(=O)c4c3C)CCC5)CCOCC2)cc1. The lowest BCUT2D eigenvalue weighted by Gasteiger charge is -2.38. The molecule has 2 aliphatic rings. The van der Waals surface area contributed by atoms with Gasteiger partial charge in [0.25, 0.3) is 11.5 Å². The average Bonchev–Trinajstić information content (AvgIpc) is 3.43. The van der Waals surface area contributed by atoms with E-state index in [2.05, 4.69) is 22.4 Å². The lowest BCUT2D eigenvalue weighted by atomic mass is 9.74. The highest BCUT2D eigenvalue weighted by atomic mass is 32.1. The topological polar surface area (TPSA) is 82.5 Å². The number of rotatable bonds is 5. The molecule has 0 radical (unpaired) electrons. The molecule has 7 nitrogen and oxygen atoms in total. The lowest BCUT2D eigenvalue weighted by molar-refractivity contribution is 0.0487. The first-order valence-corrected chi connectivity index (χ1v) is 11.9. The third kappa shape index (κ3) is 3.51. The summed E-state index contributed by atoms with van der Waals surface area (Å²) in [5.74, 6) is 1.50. The highest BCUT2D eigenvalue weighted by Gasteiger charge is 2.35. The summed E-state index contributed by atoms with van der Waals surface area (Å²) in [5.41, 5.74) is 1.69. The molecule has 0 spiro atoms.